The second-order valence-electron chi connectivity index (χ2n) is 4.88. The van der Waals surface area contributed by atoms with Crippen molar-refractivity contribution in [3.05, 3.63) is 65.7 Å². The Hall–Kier alpha value is -3.33. The van der Waals surface area contributed by atoms with Crippen molar-refractivity contribution in [2.24, 2.45) is 0 Å². The monoisotopic (exact) mass is 363 g/mol. The molecule has 2 rings (SSSR count). The highest BCUT2D eigenvalue weighted by Gasteiger charge is 2.09. The molecule has 0 unspecified atom stereocenters. The number of rotatable bonds is 6. The van der Waals surface area contributed by atoms with Gasteiger partial charge in [-0.25, -0.2) is 14.0 Å². The summed E-state index contributed by atoms with van der Waals surface area (Å²) in [6.07, 6.45) is 3.50. The van der Waals surface area contributed by atoms with Crippen LogP contribution < -0.4 is 10.6 Å². The average molecular weight is 363 g/mol. The number of carboxylic acid groups (broad SMARTS) is 2. The Labute approximate surface area is 148 Å². The summed E-state index contributed by atoms with van der Waals surface area (Å²) in [5.74, 6) is -4.55. The second kappa shape index (κ2) is 11.3. The Morgan fingerprint density at radius 2 is 1.69 bits per heavy atom. The number of hydrogen-bond acceptors (Lipinski definition) is 5. The van der Waals surface area contributed by atoms with Gasteiger partial charge in [-0.2, -0.15) is 0 Å². The van der Waals surface area contributed by atoms with Crippen LogP contribution in [0.25, 0.3) is 0 Å². The zero-order chi connectivity index (χ0) is 19.4. The van der Waals surface area contributed by atoms with Crippen molar-refractivity contribution in [3.8, 4) is 0 Å². The standard InChI is InChI=1S/C15H16FN3O.C2H2O4/c16-14-6-2-1-5-13(14)15(20)19-9-8-18-11-12-4-3-7-17-10-12;3-1(4)2(5)6/h1-7,10,18H,8-9,11H2,(H,19,20);(H,3,4)(H,5,6). The van der Waals surface area contributed by atoms with Crippen molar-refractivity contribution in [1.82, 2.24) is 15.6 Å². The number of carboxylic acids is 2. The highest BCUT2D eigenvalue weighted by atomic mass is 19.1. The molecule has 0 atom stereocenters. The molecule has 8 nitrogen and oxygen atoms in total. The number of aromatic nitrogens is 1. The van der Waals surface area contributed by atoms with Gasteiger partial charge >= 0.3 is 11.9 Å². The molecule has 0 spiro atoms. The number of benzene rings is 1. The van der Waals surface area contributed by atoms with Gasteiger partial charge in [-0.1, -0.05) is 18.2 Å². The summed E-state index contributed by atoms with van der Waals surface area (Å²) in [5, 5.41) is 20.6. The lowest BCUT2D eigenvalue weighted by Gasteiger charge is -2.07. The van der Waals surface area contributed by atoms with Gasteiger partial charge in [0.15, 0.2) is 0 Å². The minimum atomic E-state index is -1.82. The number of pyridine rings is 1. The fourth-order valence-electron chi connectivity index (χ4n) is 1.74. The van der Waals surface area contributed by atoms with E-state index in [9.17, 15) is 9.18 Å². The zero-order valence-electron chi connectivity index (χ0n) is 13.7. The van der Waals surface area contributed by atoms with E-state index in [-0.39, 0.29) is 5.56 Å². The van der Waals surface area contributed by atoms with Crippen LogP contribution in [0.2, 0.25) is 0 Å². The molecule has 26 heavy (non-hydrogen) atoms. The number of nitrogens with one attached hydrogen (secondary N) is 2. The first-order valence-corrected chi connectivity index (χ1v) is 7.50. The molecule has 138 valence electrons. The van der Waals surface area contributed by atoms with E-state index in [1.165, 1.54) is 12.1 Å². The summed E-state index contributed by atoms with van der Waals surface area (Å²) in [5.41, 5.74) is 1.15. The van der Waals surface area contributed by atoms with Gasteiger partial charge in [-0.05, 0) is 23.8 Å². The molecule has 0 saturated carbocycles. The quantitative estimate of drug-likeness (QED) is 0.443. The van der Waals surface area contributed by atoms with E-state index in [0.29, 0.717) is 19.6 Å². The van der Waals surface area contributed by atoms with Crippen molar-refractivity contribution >= 4 is 17.8 Å². The molecule has 0 fully saturated rings. The first kappa shape index (κ1) is 20.7. The highest BCUT2D eigenvalue weighted by molar-refractivity contribution is 6.27. The fourth-order valence-corrected chi connectivity index (χ4v) is 1.74. The van der Waals surface area contributed by atoms with Crippen LogP contribution >= 0.6 is 0 Å². The topological polar surface area (TPSA) is 129 Å². The van der Waals surface area contributed by atoms with E-state index >= 15 is 0 Å². The van der Waals surface area contributed by atoms with E-state index in [2.05, 4.69) is 15.6 Å². The number of carbonyl (C=O) groups excluding carboxylic acids is 1. The van der Waals surface area contributed by atoms with Crippen molar-refractivity contribution in [3.63, 3.8) is 0 Å². The molecule has 0 aliphatic rings. The Balaban J connectivity index is 0.000000487. The summed E-state index contributed by atoms with van der Waals surface area (Å²) in [4.78, 5) is 33.9. The predicted molar refractivity (Wildman–Crippen MR) is 89.9 cm³/mol. The van der Waals surface area contributed by atoms with Gasteiger partial charge in [0.05, 0.1) is 5.56 Å². The maximum Gasteiger partial charge on any atom is 0.414 e. The van der Waals surface area contributed by atoms with Crippen molar-refractivity contribution < 1.29 is 29.0 Å². The van der Waals surface area contributed by atoms with E-state index in [0.717, 1.165) is 5.56 Å². The molecular weight excluding hydrogens is 345 g/mol. The molecule has 1 aromatic carbocycles. The van der Waals surface area contributed by atoms with Crippen molar-refractivity contribution in [2.75, 3.05) is 13.1 Å². The number of hydrogen-bond donors (Lipinski definition) is 4. The van der Waals surface area contributed by atoms with E-state index in [4.69, 9.17) is 19.8 Å². The largest absolute Gasteiger partial charge is 0.473 e. The van der Waals surface area contributed by atoms with Crippen LogP contribution in [0.3, 0.4) is 0 Å². The molecule has 0 saturated heterocycles. The lowest BCUT2D eigenvalue weighted by Crippen LogP contribution is -2.32. The molecule has 0 radical (unpaired) electrons. The summed E-state index contributed by atoms with van der Waals surface area (Å²) in [6.45, 7) is 1.73. The molecule has 1 aromatic heterocycles. The van der Waals surface area contributed by atoms with Crippen LogP contribution in [0, 0.1) is 5.82 Å². The minimum absolute atomic E-state index is 0.0692. The molecule has 1 heterocycles. The van der Waals surface area contributed by atoms with Gasteiger partial charge in [0.2, 0.25) is 0 Å². The lowest BCUT2D eigenvalue weighted by atomic mass is 10.2. The molecule has 0 aliphatic heterocycles. The summed E-state index contributed by atoms with van der Waals surface area (Å²) < 4.78 is 13.4. The number of halogens is 1. The molecule has 2 aromatic rings. The Bertz CT molecular complexity index is 728. The van der Waals surface area contributed by atoms with Crippen LogP contribution in [-0.4, -0.2) is 46.1 Å². The molecule has 1 amide bonds. The summed E-state index contributed by atoms with van der Waals surface area (Å²) >= 11 is 0. The Morgan fingerprint density at radius 1 is 1.00 bits per heavy atom. The molecular formula is C17H18FN3O5. The smallest absolute Gasteiger partial charge is 0.414 e. The summed E-state index contributed by atoms with van der Waals surface area (Å²) in [7, 11) is 0. The third-order valence-electron chi connectivity index (χ3n) is 2.94. The van der Waals surface area contributed by atoms with Gasteiger partial charge in [-0.15, -0.1) is 0 Å². The maximum atomic E-state index is 13.4. The third kappa shape index (κ3) is 7.97. The first-order valence-electron chi connectivity index (χ1n) is 7.50. The fraction of sp³-hybridized carbons (Fsp3) is 0.176. The second-order valence-corrected chi connectivity index (χ2v) is 4.88. The molecule has 0 aliphatic carbocycles. The van der Waals surface area contributed by atoms with Gasteiger partial charge in [0.1, 0.15) is 5.82 Å². The average Bonchev–Trinajstić information content (AvgIpc) is 2.63. The SMILES string of the molecule is O=C(NCCNCc1cccnc1)c1ccccc1F.O=C(O)C(=O)O. The van der Waals surface area contributed by atoms with Crippen LogP contribution in [0.15, 0.2) is 48.8 Å². The van der Waals surface area contributed by atoms with Crippen LogP contribution in [0.4, 0.5) is 4.39 Å². The van der Waals surface area contributed by atoms with Gasteiger partial charge in [0.25, 0.3) is 5.91 Å². The van der Waals surface area contributed by atoms with Gasteiger partial charge < -0.3 is 20.8 Å². The maximum absolute atomic E-state index is 13.4. The number of aliphatic carboxylic acids is 2. The Kier molecular flexibility index (Phi) is 8.97. The lowest BCUT2D eigenvalue weighted by molar-refractivity contribution is -0.159. The summed E-state index contributed by atoms with van der Waals surface area (Å²) in [6, 6.07) is 9.78. The minimum Gasteiger partial charge on any atom is -0.473 e. The number of amides is 1. The molecule has 9 heteroatoms. The number of nitrogens with zero attached hydrogens (tertiary/aromatic N) is 1. The number of carbonyl (C=O) groups is 3. The Morgan fingerprint density at radius 3 is 2.27 bits per heavy atom. The van der Waals surface area contributed by atoms with Gasteiger partial charge in [0, 0.05) is 32.0 Å². The van der Waals surface area contributed by atoms with Gasteiger partial charge in [-0.3, -0.25) is 9.78 Å². The zero-order valence-corrected chi connectivity index (χ0v) is 13.7. The third-order valence-corrected chi connectivity index (χ3v) is 2.94. The van der Waals surface area contributed by atoms with Crippen molar-refractivity contribution in [2.45, 2.75) is 6.54 Å². The molecule has 4 N–H and O–H groups in total. The molecule has 0 bridgehead atoms. The van der Waals surface area contributed by atoms with Crippen LogP contribution in [0.5, 0.6) is 0 Å². The first-order chi connectivity index (χ1) is 12.4. The normalized spacial score (nSPS) is 9.58. The van der Waals surface area contributed by atoms with E-state index in [1.807, 2.05) is 12.1 Å². The van der Waals surface area contributed by atoms with Crippen LogP contribution in [0.1, 0.15) is 15.9 Å². The van der Waals surface area contributed by atoms with Crippen LogP contribution in [-0.2, 0) is 16.1 Å². The highest BCUT2D eigenvalue weighted by Crippen LogP contribution is 2.05. The predicted octanol–water partition coefficient (Wildman–Crippen LogP) is 0.896. The van der Waals surface area contributed by atoms with E-state index in [1.54, 1.807) is 24.5 Å². The van der Waals surface area contributed by atoms with Crippen molar-refractivity contribution in [1.29, 1.82) is 0 Å². The van der Waals surface area contributed by atoms with E-state index < -0.39 is 23.7 Å².